The average molecular weight is 367 g/mol. The Morgan fingerprint density at radius 2 is 1.62 bits per heavy atom. The van der Waals surface area contributed by atoms with Gasteiger partial charge in [-0.3, -0.25) is 4.90 Å². The van der Waals surface area contributed by atoms with E-state index in [1.807, 2.05) is 25.7 Å². The van der Waals surface area contributed by atoms with Gasteiger partial charge < -0.3 is 19.3 Å². The monoisotopic (exact) mass is 367 g/mol. The summed E-state index contributed by atoms with van der Waals surface area (Å²) >= 11 is 0. The summed E-state index contributed by atoms with van der Waals surface area (Å²) in [6.07, 6.45) is 5.01. The zero-order chi connectivity index (χ0) is 18.7. The number of rotatable bonds is 5. The van der Waals surface area contributed by atoms with E-state index in [1.165, 1.54) is 6.42 Å². The number of carbonyl (C=O) groups excluding carboxylic acids is 2. The van der Waals surface area contributed by atoms with Crippen molar-refractivity contribution in [3.8, 4) is 0 Å². The second-order valence-electron chi connectivity index (χ2n) is 7.60. The first-order valence-electron chi connectivity index (χ1n) is 10.2. The average Bonchev–Trinajstić information content (AvgIpc) is 2.57. The van der Waals surface area contributed by atoms with Crippen molar-refractivity contribution in [1.82, 2.24) is 14.7 Å². The first-order valence-corrected chi connectivity index (χ1v) is 10.2. The molecule has 7 nitrogen and oxygen atoms in total. The topological polar surface area (TPSA) is 62.3 Å². The van der Waals surface area contributed by atoms with Crippen molar-refractivity contribution in [2.75, 3.05) is 32.8 Å². The van der Waals surface area contributed by atoms with E-state index in [0.717, 1.165) is 38.8 Å². The largest absolute Gasteiger partial charge is 0.450 e. The molecule has 2 bridgehead atoms. The van der Waals surface area contributed by atoms with Crippen LogP contribution < -0.4 is 0 Å². The molecular formula is C19H33N3O4. The molecule has 0 aliphatic carbocycles. The zero-order valence-electron chi connectivity index (χ0n) is 16.4. The number of hydrogen-bond donors (Lipinski definition) is 0. The molecule has 148 valence electrons. The third-order valence-corrected chi connectivity index (χ3v) is 6.11. The summed E-state index contributed by atoms with van der Waals surface area (Å²) < 4.78 is 10.9. The van der Waals surface area contributed by atoms with Crippen LogP contribution in [-0.2, 0) is 9.47 Å². The highest BCUT2D eigenvalue weighted by molar-refractivity contribution is 5.69. The fourth-order valence-electron chi connectivity index (χ4n) is 4.69. The highest BCUT2D eigenvalue weighted by Gasteiger charge is 2.46. The molecule has 3 fully saturated rings. The lowest BCUT2D eigenvalue weighted by Gasteiger charge is -2.53. The van der Waals surface area contributed by atoms with Crippen LogP contribution in [0.3, 0.4) is 0 Å². The summed E-state index contributed by atoms with van der Waals surface area (Å²) in [5.41, 5.74) is 0. The van der Waals surface area contributed by atoms with E-state index in [4.69, 9.17) is 9.47 Å². The fraction of sp³-hybridized carbons (Fsp3) is 0.895. The molecule has 3 aliphatic rings. The molecule has 2 atom stereocenters. The SMILES string of the molecule is CCOC(=O)N1C2CCCC1CC(N1CC(OC(=O)N(CC)CC)C1)C2. The van der Waals surface area contributed by atoms with Crippen molar-refractivity contribution >= 4 is 12.2 Å². The Morgan fingerprint density at radius 3 is 2.15 bits per heavy atom. The van der Waals surface area contributed by atoms with Gasteiger partial charge in [0.15, 0.2) is 0 Å². The molecule has 0 saturated carbocycles. The van der Waals surface area contributed by atoms with Crippen LogP contribution >= 0.6 is 0 Å². The van der Waals surface area contributed by atoms with Crippen LogP contribution in [0.1, 0.15) is 52.9 Å². The lowest BCUT2D eigenvalue weighted by Crippen LogP contribution is -2.64. The van der Waals surface area contributed by atoms with E-state index in [0.29, 0.717) is 37.8 Å². The van der Waals surface area contributed by atoms with Gasteiger partial charge in [0.2, 0.25) is 0 Å². The Hall–Kier alpha value is -1.50. The molecule has 3 rings (SSSR count). The van der Waals surface area contributed by atoms with Crippen molar-refractivity contribution in [3.05, 3.63) is 0 Å². The molecule has 0 spiro atoms. The predicted octanol–water partition coefficient (Wildman–Crippen LogP) is 2.69. The van der Waals surface area contributed by atoms with Gasteiger partial charge in [0.05, 0.1) is 6.61 Å². The van der Waals surface area contributed by atoms with E-state index in [1.54, 1.807) is 4.90 Å². The van der Waals surface area contributed by atoms with E-state index in [9.17, 15) is 9.59 Å². The Morgan fingerprint density at radius 1 is 1.00 bits per heavy atom. The minimum Gasteiger partial charge on any atom is -0.450 e. The molecule has 0 radical (unpaired) electrons. The standard InChI is InChI=1S/C19H33N3O4/c1-4-20(5-2)18(23)26-17-12-21(13-17)16-10-14-8-7-9-15(11-16)22(14)19(24)25-6-3/h14-17H,4-13H2,1-3H3. The third kappa shape index (κ3) is 3.92. The Labute approximate surface area is 156 Å². The number of amides is 2. The van der Waals surface area contributed by atoms with Gasteiger partial charge in [0.1, 0.15) is 6.10 Å². The first kappa shape index (κ1) is 19.3. The summed E-state index contributed by atoms with van der Waals surface area (Å²) in [5, 5.41) is 0. The summed E-state index contributed by atoms with van der Waals surface area (Å²) in [6, 6.07) is 1.08. The molecular weight excluding hydrogens is 334 g/mol. The second kappa shape index (κ2) is 8.46. The van der Waals surface area contributed by atoms with Crippen LogP contribution in [0.25, 0.3) is 0 Å². The number of fused-ring (bicyclic) bond motifs is 2. The van der Waals surface area contributed by atoms with Crippen LogP contribution in [0, 0.1) is 0 Å². The maximum absolute atomic E-state index is 12.3. The van der Waals surface area contributed by atoms with Crippen LogP contribution in [0.4, 0.5) is 9.59 Å². The number of nitrogens with zero attached hydrogens (tertiary/aromatic N) is 3. The Bertz CT molecular complexity index is 491. The molecule has 0 N–H and O–H groups in total. The van der Waals surface area contributed by atoms with Crippen LogP contribution in [0.5, 0.6) is 0 Å². The molecule has 26 heavy (non-hydrogen) atoms. The fourth-order valence-corrected chi connectivity index (χ4v) is 4.69. The van der Waals surface area contributed by atoms with Crippen LogP contribution in [-0.4, -0.2) is 83.9 Å². The maximum Gasteiger partial charge on any atom is 0.410 e. The van der Waals surface area contributed by atoms with Gasteiger partial charge in [0.25, 0.3) is 0 Å². The summed E-state index contributed by atoms with van der Waals surface area (Å²) in [4.78, 5) is 30.5. The molecule has 3 aliphatic heterocycles. The van der Waals surface area contributed by atoms with Gasteiger partial charge in [-0.05, 0) is 52.9 Å². The molecule has 3 heterocycles. The van der Waals surface area contributed by atoms with Crippen molar-refractivity contribution < 1.29 is 19.1 Å². The highest BCUT2D eigenvalue weighted by Crippen LogP contribution is 2.37. The van der Waals surface area contributed by atoms with Gasteiger partial charge >= 0.3 is 12.2 Å². The van der Waals surface area contributed by atoms with Gasteiger partial charge in [0, 0.05) is 44.3 Å². The van der Waals surface area contributed by atoms with Crippen molar-refractivity contribution in [1.29, 1.82) is 0 Å². The Kier molecular flexibility index (Phi) is 6.27. The first-order chi connectivity index (χ1) is 12.6. The van der Waals surface area contributed by atoms with E-state index in [2.05, 4.69) is 4.90 Å². The predicted molar refractivity (Wildman–Crippen MR) is 98.1 cm³/mol. The summed E-state index contributed by atoms with van der Waals surface area (Å²) in [5.74, 6) is 0. The van der Waals surface area contributed by atoms with Crippen molar-refractivity contribution in [3.63, 3.8) is 0 Å². The second-order valence-corrected chi connectivity index (χ2v) is 7.60. The summed E-state index contributed by atoms with van der Waals surface area (Å²) in [7, 11) is 0. The molecule has 0 aromatic heterocycles. The van der Waals surface area contributed by atoms with Crippen LogP contribution in [0.2, 0.25) is 0 Å². The third-order valence-electron chi connectivity index (χ3n) is 6.11. The lowest BCUT2D eigenvalue weighted by molar-refractivity contribution is -0.0764. The number of piperidine rings is 2. The van der Waals surface area contributed by atoms with E-state index < -0.39 is 0 Å². The molecule has 2 amide bonds. The van der Waals surface area contributed by atoms with Crippen LogP contribution in [0.15, 0.2) is 0 Å². The van der Waals surface area contributed by atoms with E-state index in [-0.39, 0.29) is 18.3 Å². The number of likely N-dealkylation sites (tertiary alicyclic amines) is 1. The number of carbonyl (C=O) groups is 2. The smallest absolute Gasteiger partial charge is 0.410 e. The summed E-state index contributed by atoms with van der Waals surface area (Å²) in [6.45, 7) is 9.22. The Balaban J connectivity index is 1.49. The van der Waals surface area contributed by atoms with Crippen molar-refractivity contribution in [2.45, 2.75) is 77.1 Å². The molecule has 0 aromatic rings. The molecule has 7 heteroatoms. The minimum absolute atomic E-state index is 0.00558. The van der Waals surface area contributed by atoms with E-state index >= 15 is 0 Å². The number of hydrogen-bond acceptors (Lipinski definition) is 5. The van der Waals surface area contributed by atoms with Gasteiger partial charge in [-0.1, -0.05) is 0 Å². The maximum atomic E-state index is 12.3. The highest BCUT2D eigenvalue weighted by atomic mass is 16.6. The normalized spacial score (nSPS) is 29.0. The van der Waals surface area contributed by atoms with Gasteiger partial charge in [-0.2, -0.15) is 0 Å². The molecule has 0 aromatic carbocycles. The molecule has 3 saturated heterocycles. The number of ether oxygens (including phenoxy) is 2. The van der Waals surface area contributed by atoms with Gasteiger partial charge in [-0.25, -0.2) is 9.59 Å². The van der Waals surface area contributed by atoms with Gasteiger partial charge in [-0.15, -0.1) is 0 Å². The minimum atomic E-state index is -0.200. The van der Waals surface area contributed by atoms with Crippen molar-refractivity contribution in [2.24, 2.45) is 0 Å². The quantitative estimate of drug-likeness (QED) is 0.748. The lowest BCUT2D eigenvalue weighted by atomic mass is 9.80. The molecule has 2 unspecified atom stereocenters. The zero-order valence-corrected chi connectivity index (χ0v) is 16.4.